The molecule has 0 spiro atoms. The van der Waals surface area contributed by atoms with Crippen LogP contribution in [0, 0.1) is 12.8 Å². The van der Waals surface area contributed by atoms with E-state index in [4.69, 9.17) is 14.2 Å². The van der Waals surface area contributed by atoms with Gasteiger partial charge in [-0.1, -0.05) is 26.3 Å². The van der Waals surface area contributed by atoms with Crippen LogP contribution in [0.1, 0.15) is 56.6 Å². The number of carbonyl (C=O) groups is 2. The van der Waals surface area contributed by atoms with Crippen molar-refractivity contribution in [3.05, 3.63) is 63.8 Å². The highest BCUT2D eigenvalue weighted by molar-refractivity contribution is 5.86. The second-order valence-electron chi connectivity index (χ2n) is 11.1. The first-order valence-corrected chi connectivity index (χ1v) is 14.9. The minimum atomic E-state index is -0.642. The Morgan fingerprint density at radius 3 is 2.48 bits per heavy atom. The maximum atomic E-state index is 13.8. The Morgan fingerprint density at radius 1 is 1.11 bits per heavy atom. The molecule has 2 amide bonds. The van der Waals surface area contributed by atoms with Gasteiger partial charge in [0.1, 0.15) is 11.9 Å². The standard InChI is InChI=1S/C33H43N5O6/c1-8-19(2)30(33(41)35-14-16-38-15-13-34-20(38)3)37-26-12-10-23-24(18-27(26)40)25(36-21(4)39)11-9-22-17-28(42-5)31(43-6)32(44-7)29(22)23/h10,12-13,15,17-19,25,30H,8-9,11,14,16H2,1-7H3,(H,35,41)(H,36,39)(H,37,40)/t19-,25+,30+/m1/s1. The minimum absolute atomic E-state index is 0.0580. The van der Waals surface area contributed by atoms with Crippen molar-refractivity contribution in [3.63, 3.8) is 0 Å². The number of nitrogens with one attached hydrogen (secondary N) is 3. The first-order valence-electron chi connectivity index (χ1n) is 14.9. The van der Waals surface area contributed by atoms with E-state index in [1.807, 2.05) is 43.7 Å². The zero-order valence-electron chi connectivity index (χ0n) is 26.6. The highest BCUT2D eigenvalue weighted by Crippen LogP contribution is 2.50. The van der Waals surface area contributed by atoms with Crippen LogP contribution in [-0.4, -0.2) is 55.3 Å². The minimum Gasteiger partial charge on any atom is -0.493 e. The molecule has 1 aliphatic rings. The Hall–Kier alpha value is -4.54. The van der Waals surface area contributed by atoms with E-state index in [-0.39, 0.29) is 28.8 Å². The third kappa shape index (κ3) is 6.82. The second kappa shape index (κ2) is 14.3. The molecular weight excluding hydrogens is 562 g/mol. The SMILES string of the molecule is CC[C@@H](C)[C@H](Nc1ccc2c(cc1=O)[C@@H](NC(C)=O)CCc1cc(OC)c(OC)c(OC)c1-2)C(=O)NCCn1ccnc1C. The van der Waals surface area contributed by atoms with Crippen molar-refractivity contribution in [3.8, 4) is 28.4 Å². The van der Waals surface area contributed by atoms with Crippen LogP contribution in [0.15, 0.2) is 41.5 Å². The van der Waals surface area contributed by atoms with Crippen molar-refractivity contribution in [1.82, 2.24) is 20.2 Å². The van der Waals surface area contributed by atoms with E-state index >= 15 is 0 Å². The number of fused-ring (bicyclic) bond motifs is 3. The highest BCUT2D eigenvalue weighted by atomic mass is 16.5. The summed E-state index contributed by atoms with van der Waals surface area (Å²) in [6.45, 7) is 8.37. The normalized spacial score (nSPS) is 15.1. The molecule has 1 aromatic heterocycles. The molecule has 44 heavy (non-hydrogen) atoms. The Balaban J connectivity index is 1.77. The summed E-state index contributed by atoms with van der Waals surface area (Å²) in [6, 6.07) is 5.95. The van der Waals surface area contributed by atoms with Gasteiger partial charge in [0.15, 0.2) is 11.5 Å². The van der Waals surface area contributed by atoms with Gasteiger partial charge in [0.2, 0.25) is 23.0 Å². The molecule has 4 rings (SSSR count). The smallest absolute Gasteiger partial charge is 0.242 e. The molecule has 11 heteroatoms. The molecule has 1 heterocycles. The lowest BCUT2D eigenvalue weighted by molar-refractivity contribution is -0.123. The van der Waals surface area contributed by atoms with E-state index in [1.54, 1.807) is 39.7 Å². The summed E-state index contributed by atoms with van der Waals surface area (Å²) in [5, 5.41) is 9.29. The molecular formula is C33H43N5O6. The number of aryl methyl sites for hydroxylation is 2. The monoisotopic (exact) mass is 605 g/mol. The van der Waals surface area contributed by atoms with E-state index in [0.717, 1.165) is 28.9 Å². The second-order valence-corrected chi connectivity index (χ2v) is 11.1. The van der Waals surface area contributed by atoms with Gasteiger partial charge in [-0.3, -0.25) is 14.4 Å². The number of aromatic nitrogens is 2. The molecule has 0 bridgehead atoms. The number of carbonyl (C=O) groups excluding carboxylic acids is 2. The molecule has 11 nitrogen and oxygen atoms in total. The first-order chi connectivity index (χ1) is 21.1. The summed E-state index contributed by atoms with van der Waals surface area (Å²) >= 11 is 0. The van der Waals surface area contributed by atoms with E-state index in [9.17, 15) is 14.4 Å². The van der Waals surface area contributed by atoms with Crippen LogP contribution < -0.4 is 35.6 Å². The number of nitrogens with zero attached hydrogens (tertiary/aromatic N) is 2. The number of ether oxygens (including phenoxy) is 3. The predicted molar refractivity (Wildman–Crippen MR) is 170 cm³/mol. The molecule has 0 unspecified atom stereocenters. The largest absolute Gasteiger partial charge is 0.493 e. The quantitative estimate of drug-likeness (QED) is 0.282. The van der Waals surface area contributed by atoms with Crippen molar-refractivity contribution in [2.24, 2.45) is 5.92 Å². The number of anilines is 1. The van der Waals surface area contributed by atoms with Gasteiger partial charge in [-0.25, -0.2) is 4.98 Å². The fourth-order valence-electron chi connectivity index (χ4n) is 5.75. The summed E-state index contributed by atoms with van der Waals surface area (Å²) in [6.07, 6.45) is 5.48. The average Bonchev–Trinajstić information content (AvgIpc) is 3.27. The summed E-state index contributed by atoms with van der Waals surface area (Å²) in [5.74, 6) is 1.86. The third-order valence-electron chi connectivity index (χ3n) is 8.30. The number of imidazole rings is 1. The van der Waals surface area contributed by atoms with Crippen molar-refractivity contribution >= 4 is 17.5 Å². The molecule has 3 N–H and O–H groups in total. The predicted octanol–water partition coefficient (Wildman–Crippen LogP) is 4.01. The van der Waals surface area contributed by atoms with Crippen LogP contribution in [-0.2, 0) is 22.6 Å². The lowest BCUT2D eigenvalue weighted by atomic mass is 9.95. The molecule has 0 saturated heterocycles. The van der Waals surface area contributed by atoms with Gasteiger partial charge >= 0.3 is 0 Å². The summed E-state index contributed by atoms with van der Waals surface area (Å²) in [7, 11) is 4.68. The van der Waals surface area contributed by atoms with Crippen molar-refractivity contribution in [2.75, 3.05) is 33.2 Å². The number of hydrogen-bond acceptors (Lipinski definition) is 8. The Morgan fingerprint density at radius 2 is 1.86 bits per heavy atom. The summed E-state index contributed by atoms with van der Waals surface area (Å²) in [4.78, 5) is 43.7. The molecule has 0 fully saturated rings. The zero-order valence-corrected chi connectivity index (χ0v) is 26.6. The van der Waals surface area contributed by atoms with Crippen LogP contribution >= 0.6 is 0 Å². The van der Waals surface area contributed by atoms with Gasteiger partial charge in [-0.2, -0.15) is 0 Å². The fourth-order valence-corrected chi connectivity index (χ4v) is 5.75. The van der Waals surface area contributed by atoms with E-state index < -0.39 is 12.1 Å². The van der Waals surface area contributed by atoms with Crippen molar-refractivity contribution in [1.29, 1.82) is 0 Å². The van der Waals surface area contributed by atoms with Crippen LogP contribution in [0.25, 0.3) is 11.1 Å². The van der Waals surface area contributed by atoms with Crippen LogP contribution in [0.5, 0.6) is 17.2 Å². The van der Waals surface area contributed by atoms with Crippen LogP contribution in [0.4, 0.5) is 5.69 Å². The Bertz CT molecular complexity index is 1570. The maximum Gasteiger partial charge on any atom is 0.242 e. The summed E-state index contributed by atoms with van der Waals surface area (Å²) < 4.78 is 19.1. The number of benzene rings is 1. The number of hydrogen-bond donors (Lipinski definition) is 3. The van der Waals surface area contributed by atoms with Crippen molar-refractivity contribution in [2.45, 2.75) is 65.6 Å². The van der Waals surface area contributed by atoms with Gasteiger partial charge in [0.05, 0.1) is 33.1 Å². The molecule has 1 aliphatic carbocycles. The van der Waals surface area contributed by atoms with Gasteiger partial charge in [-0.15, -0.1) is 0 Å². The topological polar surface area (TPSA) is 133 Å². The van der Waals surface area contributed by atoms with Gasteiger partial charge in [-0.05, 0) is 60.6 Å². The van der Waals surface area contributed by atoms with Gasteiger partial charge < -0.3 is 34.7 Å². The molecule has 3 atom stereocenters. The van der Waals surface area contributed by atoms with Crippen LogP contribution in [0.2, 0.25) is 0 Å². The van der Waals surface area contributed by atoms with E-state index in [2.05, 4.69) is 20.9 Å². The molecule has 0 aliphatic heterocycles. The zero-order chi connectivity index (χ0) is 32.0. The molecule has 2 aromatic carbocycles. The maximum absolute atomic E-state index is 13.8. The van der Waals surface area contributed by atoms with Gasteiger partial charge in [0, 0.05) is 38.0 Å². The fraction of sp³-hybridized carbons (Fsp3) is 0.455. The van der Waals surface area contributed by atoms with Gasteiger partial charge in [0.25, 0.3) is 0 Å². The van der Waals surface area contributed by atoms with Crippen molar-refractivity contribution < 1.29 is 23.8 Å². The lowest BCUT2D eigenvalue weighted by Crippen LogP contribution is -2.45. The highest BCUT2D eigenvalue weighted by Gasteiger charge is 2.30. The molecule has 3 aromatic rings. The number of amides is 2. The lowest BCUT2D eigenvalue weighted by Gasteiger charge is -2.24. The van der Waals surface area contributed by atoms with E-state index in [0.29, 0.717) is 48.7 Å². The Kier molecular flexibility index (Phi) is 10.5. The number of rotatable bonds is 12. The van der Waals surface area contributed by atoms with E-state index in [1.165, 1.54) is 6.92 Å². The third-order valence-corrected chi connectivity index (χ3v) is 8.30. The van der Waals surface area contributed by atoms with Crippen LogP contribution in [0.3, 0.4) is 0 Å². The molecule has 0 saturated carbocycles. The molecule has 236 valence electrons. The number of methoxy groups -OCH3 is 3. The summed E-state index contributed by atoms with van der Waals surface area (Å²) in [5.41, 5.74) is 3.07. The first kappa shape index (κ1) is 32.4. The molecule has 0 radical (unpaired) electrons. The Labute approximate surface area is 258 Å². The average molecular weight is 606 g/mol.